The van der Waals surface area contributed by atoms with Gasteiger partial charge in [0.1, 0.15) is 12.4 Å². The number of benzene rings is 1. The number of hydrogen-bond acceptors (Lipinski definition) is 4. The molecule has 24 heavy (non-hydrogen) atoms. The van der Waals surface area contributed by atoms with Gasteiger partial charge >= 0.3 is 0 Å². The standard InChI is InChI=1S/C20H25NO3/c1-6-16(21-24-7-2)20-17(22)10-15(11-18(20)23)19-13(4)8-12(3)9-14(19)5/h8-10,22H,6-7,11H2,1-5H3. The van der Waals surface area contributed by atoms with E-state index in [2.05, 4.69) is 24.2 Å². The third kappa shape index (κ3) is 3.58. The van der Waals surface area contributed by atoms with Gasteiger partial charge in [-0.3, -0.25) is 4.79 Å². The summed E-state index contributed by atoms with van der Waals surface area (Å²) >= 11 is 0. The van der Waals surface area contributed by atoms with Crippen LogP contribution in [-0.2, 0) is 9.63 Å². The number of aryl methyl sites for hydroxylation is 3. The summed E-state index contributed by atoms with van der Waals surface area (Å²) in [6, 6.07) is 4.19. The highest BCUT2D eigenvalue weighted by molar-refractivity contribution is 6.25. The molecule has 0 saturated heterocycles. The van der Waals surface area contributed by atoms with Crippen LogP contribution in [-0.4, -0.2) is 23.2 Å². The maximum absolute atomic E-state index is 12.6. The number of ketones is 1. The average Bonchev–Trinajstić information content (AvgIpc) is 2.48. The van der Waals surface area contributed by atoms with Crippen LogP contribution in [0.15, 0.2) is 34.7 Å². The summed E-state index contributed by atoms with van der Waals surface area (Å²) in [5, 5.41) is 14.4. The third-order valence-corrected chi connectivity index (χ3v) is 4.12. The van der Waals surface area contributed by atoms with Crippen molar-refractivity contribution in [3.63, 3.8) is 0 Å². The van der Waals surface area contributed by atoms with Crippen molar-refractivity contribution in [3.05, 3.63) is 51.8 Å². The molecule has 0 radical (unpaired) electrons. The largest absolute Gasteiger partial charge is 0.507 e. The van der Waals surface area contributed by atoms with Crippen molar-refractivity contribution in [2.75, 3.05) is 6.61 Å². The Labute approximate surface area is 143 Å². The minimum absolute atomic E-state index is 0.0269. The quantitative estimate of drug-likeness (QED) is 0.636. The number of carbonyl (C=O) groups is 1. The molecule has 4 nitrogen and oxygen atoms in total. The van der Waals surface area contributed by atoms with Crippen LogP contribution < -0.4 is 0 Å². The number of hydrogen-bond donors (Lipinski definition) is 1. The summed E-state index contributed by atoms with van der Waals surface area (Å²) in [7, 11) is 0. The summed E-state index contributed by atoms with van der Waals surface area (Å²) in [6.07, 6.45) is 2.48. The predicted octanol–water partition coefficient (Wildman–Crippen LogP) is 4.58. The predicted molar refractivity (Wildman–Crippen MR) is 97.3 cm³/mol. The number of oxime groups is 1. The zero-order valence-electron chi connectivity index (χ0n) is 15.1. The molecule has 0 amide bonds. The number of carbonyl (C=O) groups excluding carboxylic acids is 1. The number of allylic oxidation sites excluding steroid dienone is 3. The van der Waals surface area contributed by atoms with E-state index in [1.165, 1.54) is 5.56 Å². The minimum atomic E-state index is -0.121. The van der Waals surface area contributed by atoms with Crippen LogP contribution in [0, 0.1) is 20.8 Å². The highest BCUT2D eigenvalue weighted by Crippen LogP contribution is 2.33. The molecular formula is C20H25NO3. The molecule has 1 aromatic rings. The van der Waals surface area contributed by atoms with Crippen molar-refractivity contribution in [2.24, 2.45) is 5.16 Å². The molecule has 0 bridgehead atoms. The maximum Gasteiger partial charge on any atom is 0.172 e. The molecule has 0 fully saturated rings. The van der Waals surface area contributed by atoms with Gasteiger partial charge in [-0.2, -0.15) is 0 Å². The van der Waals surface area contributed by atoms with Gasteiger partial charge in [0.25, 0.3) is 0 Å². The van der Waals surface area contributed by atoms with Crippen molar-refractivity contribution in [2.45, 2.75) is 47.5 Å². The zero-order valence-corrected chi connectivity index (χ0v) is 15.1. The van der Waals surface area contributed by atoms with Crippen LogP contribution in [0.1, 0.15) is 48.9 Å². The van der Waals surface area contributed by atoms with Gasteiger partial charge in [-0.1, -0.05) is 29.8 Å². The Morgan fingerprint density at radius 3 is 2.33 bits per heavy atom. The zero-order chi connectivity index (χ0) is 17.9. The highest BCUT2D eigenvalue weighted by Gasteiger charge is 2.27. The van der Waals surface area contributed by atoms with Crippen LogP contribution in [0.3, 0.4) is 0 Å². The normalized spacial score (nSPS) is 15.6. The molecule has 1 N–H and O–H groups in total. The Kier molecular flexibility index (Phi) is 5.60. The first kappa shape index (κ1) is 18.0. The number of rotatable bonds is 5. The summed E-state index contributed by atoms with van der Waals surface area (Å²) in [4.78, 5) is 17.7. The van der Waals surface area contributed by atoms with E-state index in [0.29, 0.717) is 18.7 Å². The second-order valence-electron chi connectivity index (χ2n) is 6.11. The van der Waals surface area contributed by atoms with Crippen LogP contribution in [0.2, 0.25) is 0 Å². The Bertz CT molecular complexity index is 731. The van der Waals surface area contributed by atoms with Crippen LogP contribution in [0.5, 0.6) is 0 Å². The number of aliphatic hydroxyl groups is 1. The minimum Gasteiger partial charge on any atom is -0.507 e. The lowest BCUT2D eigenvalue weighted by atomic mass is 9.85. The van der Waals surface area contributed by atoms with E-state index in [-0.39, 0.29) is 23.5 Å². The molecular weight excluding hydrogens is 302 g/mol. The van der Waals surface area contributed by atoms with Gasteiger partial charge in [-0.25, -0.2) is 0 Å². The molecule has 0 aromatic heterocycles. The van der Waals surface area contributed by atoms with Crippen LogP contribution in [0.25, 0.3) is 5.57 Å². The molecule has 4 heteroatoms. The lowest BCUT2D eigenvalue weighted by Gasteiger charge is -2.20. The highest BCUT2D eigenvalue weighted by atomic mass is 16.6. The van der Waals surface area contributed by atoms with E-state index in [1.807, 2.05) is 27.7 Å². The van der Waals surface area contributed by atoms with Gasteiger partial charge in [0.2, 0.25) is 0 Å². The van der Waals surface area contributed by atoms with Gasteiger partial charge < -0.3 is 9.94 Å². The fourth-order valence-corrected chi connectivity index (χ4v) is 3.28. The lowest BCUT2D eigenvalue weighted by molar-refractivity contribution is -0.114. The molecule has 0 atom stereocenters. The molecule has 0 aliphatic heterocycles. The Balaban J connectivity index is 2.52. The van der Waals surface area contributed by atoms with Crippen LogP contribution >= 0.6 is 0 Å². The first-order chi connectivity index (χ1) is 11.4. The molecule has 0 heterocycles. The number of Topliss-reactive ketones (excluding diaryl/α,β-unsaturated/α-hetero) is 1. The molecule has 0 spiro atoms. The van der Waals surface area contributed by atoms with Crippen molar-refractivity contribution < 1.29 is 14.7 Å². The van der Waals surface area contributed by atoms with E-state index in [9.17, 15) is 9.90 Å². The van der Waals surface area contributed by atoms with E-state index < -0.39 is 0 Å². The van der Waals surface area contributed by atoms with Gasteiger partial charge in [0.15, 0.2) is 5.78 Å². The monoisotopic (exact) mass is 327 g/mol. The summed E-state index contributed by atoms with van der Waals surface area (Å²) in [5.41, 5.74) is 6.07. The Morgan fingerprint density at radius 2 is 1.83 bits per heavy atom. The van der Waals surface area contributed by atoms with E-state index in [1.54, 1.807) is 6.08 Å². The van der Waals surface area contributed by atoms with Crippen molar-refractivity contribution in [1.82, 2.24) is 0 Å². The molecule has 2 rings (SSSR count). The lowest BCUT2D eigenvalue weighted by Crippen LogP contribution is -2.19. The number of nitrogens with zero attached hydrogens (tertiary/aromatic N) is 1. The Morgan fingerprint density at radius 1 is 1.21 bits per heavy atom. The fourth-order valence-electron chi connectivity index (χ4n) is 3.28. The molecule has 0 unspecified atom stereocenters. The van der Waals surface area contributed by atoms with E-state index in [0.717, 1.165) is 22.3 Å². The summed E-state index contributed by atoms with van der Waals surface area (Å²) in [5.74, 6) is -0.148. The van der Waals surface area contributed by atoms with E-state index in [4.69, 9.17) is 4.84 Å². The van der Waals surface area contributed by atoms with Crippen molar-refractivity contribution in [3.8, 4) is 0 Å². The van der Waals surface area contributed by atoms with Gasteiger partial charge in [-0.05, 0) is 62.5 Å². The maximum atomic E-state index is 12.6. The third-order valence-electron chi connectivity index (χ3n) is 4.12. The molecule has 1 aromatic carbocycles. The first-order valence-corrected chi connectivity index (χ1v) is 8.33. The first-order valence-electron chi connectivity index (χ1n) is 8.33. The topological polar surface area (TPSA) is 58.9 Å². The van der Waals surface area contributed by atoms with Gasteiger partial charge in [0, 0.05) is 6.42 Å². The Hall–Kier alpha value is -2.36. The smallest absolute Gasteiger partial charge is 0.172 e. The van der Waals surface area contributed by atoms with Crippen molar-refractivity contribution >= 4 is 17.1 Å². The van der Waals surface area contributed by atoms with E-state index >= 15 is 0 Å². The summed E-state index contributed by atoms with van der Waals surface area (Å²) < 4.78 is 0. The SMILES string of the molecule is CCON=C(CC)C1=C(O)C=C(c2c(C)cc(C)cc2C)CC1=O. The molecule has 1 aliphatic carbocycles. The van der Waals surface area contributed by atoms with Crippen molar-refractivity contribution in [1.29, 1.82) is 0 Å². The fraction of sp³-hybridized carbons (Fsp3) is 0.400. The van der Waals surface area contributed by atoms with Gasteiger partial charge in [0.05, 0.1) is 11.3 Å². The molecule has 0 saturated carbocycles. The second kappa shape index (κ2) is 7.47. The molecule has 128 valence electrons. The van der Waals surface area contributed by atoms with Crippen LogP contribution in [0.4, 0.5) is 0 Å². The summed E-state index contributed by atoms with van der Waals surface area (Å²) in [6.45, 7) is 10.3. The second-order valence-corrected chi connectivity index (χ2v) is 6.11. The molecule has 1 aliphatic rings. The number of aliphatic hydroxyl groups excluding tert-OH is 1. The van der Waals surface area contributed by atoms with Gasteiger partial charge in [-0.15, -0.1) is 0 Å². The average molecular weight is 327 g/mol.